The van der Waals surface area contributed by atoms with E-state index in [-0.39, 0.29) is 23.2 Å². The molecule has 1 N–H and O–H groups in total. The summed E-state index contributed by atoms with van der Waals surface area (Å²) >= 11 is 0. The number of likely N-dealkylation sites (tertiary alicyclic amines) is 1. The van der Waals surface area contributed by atoms with Crippen LogP contribution in [-0.2, 0) is 0 Å². The molecule has 8 heteroatoms. The van der Waals surface area contributed by atoms with Crippen molar-refractivity contribution in [2.24, 2.45) is 0 Å². The Morgan fingerprint density at radius 3 is 2.56 bits per heavy atom. The van der Waals surface area contributed by atoms with Crippen molar-refractivity contribution in [2.45, 2.75) is 18.9 Å². The van der Waals surface area contributed by atoms with Crippen molar-refractivity contribution in [1.82, 2.24) is 9.88 Å². The van der Waals surface area contributed by atoms with Gasteiger partial charge in [-0.1, -0.05) is 12.1 Å². The zero-order valence-electron chi connectivity index (χ0n) is 13.4. The van der Waals surface area contributed by atoms with E-state index in [1.54, 1.807) is 23.1 Å². The van der Waals surface area contributed by atoms with Gasteiger partial charge in [-0.3, -0.25) is 14.9 Å². The number of aromatic nitrogens is 1. The molecule has 2 heterocycles. The molecule has 1 aromatic heterocycles. The topological polar surface area (TPSA) is 88.4 Å². The Hall–Kier alpha value is -3.03. The lowest BCUT2D eigenvalue weighted by molar-refractivity contribution is -0.385. The number of nitro groups is 1. The summed E-state index contributed by atoms with van der Waals surface area (Å²) in [5, 5.41) is 13.8. The van der Waals surface area contributed by atoms with Gasteiger partial charge in [-0.15, -0.1) is 0 Å². The Bertz CT molecular complexity index is 774. The number of nitrogens with zero attached hydrogens (tertiary/aromatic N) is 3. The fourth-order valence-electron chi connectivity index (χ4n) is 2.82. The molecule has 2 aromatic rings. The molecule has 1 fully saturated rings. The lowest BCUT2D eigenvalue weighted by Gasteiger charge is -2.32. The number of piperidine rings is 1. The summed E-state index contributed by atoms with van der Waals surface area (Å²) in [4.78, 5) is 28.2. The van der Waals surface area contributed by atoms with Crippen molar-refractivity contribution in [3.8, 4) is 0 Å². The van der Waals surface area contributed by atoms with Gasteiger partial charge in [-0.25, -0.2) is 9.37 Å². The van der Waals surface area contributed by atoms with Gasteiger partial charge in [0.25, 0.3) is 11.6 Å². The van der Waals surface area contributed by atoms with Crippen molar-refractivity contribution >= 4 is 17.4 Å². The van der Waals surface area contributed by atoms with Crippen LogP contribution in [-0.4, -0.2) is 39.8 Å². The second-order valence-corrected chi connectivity index (χ2v) is 5.85. The lowest BCUT2D eigenvalue weighted by Crippen LogP contribution is -2.42. The molecule has 0 radical (unpaired) electrons. The quantitative estimate of drug-likeness (QED) is 0.680. The Morgan fingerprint density at radius 1 is 1.24 bits per heavy atom. The third-order valence-corrected chi connectivity index (χ3v) is 4.20. The van der Waals surface area contributed by atoms with Crippen molar-refractivity contribution in [1.29, 1.82) is 0 Å². The van der Waals surface area contributed by atoms with Gasteiger partial charge in [0.05, 0.1) is 10.5 Å². The van der Waals surface area contributed by atoms with Crippen LogP contribution in [0.3, 0.4) is 0 Å². The summed E-state index contributed by atoms with van der Waals surface area (Å²) in [7, 11) is 0. The first-order valence-corrected chi connectivity index (χ1v) is 7.95. The minimum atomic E-state index is -0.511. The van der Waals surface area contributed by atoms with Crippen LogP contribution in [0.25, 0.3) is 0 Å². The Balaban J connectivity index is 1.56. The normalized spacial score (nSPS) is 15.0. The first kappa shape index (κ1) is 16.8. The zero-order valence-corrected chi connectivity index (χ0v) is 13.4. The van der Waals surface area contributed by atoms with Gasteiger partial charge in [0.2, 0.25) is 0 Å². The van der Waals surface area contributed by atoms with Gasteiger partial charge < -0.3 is 10.2 Å². The van der Waals surface area contributed by atoms with Gasteiger partial charge in [0, 0.05) is 25.2 Å². The zero-order chi connectivity index (χ0) is 17.8. The maximum atomic E-state index is 13.7. The van der Waals surface area contributed by atoms with E-state index >= 15 is 0 Å². The molecule has 1 aliphatic heterocycles. The maximum Gasteiger partial charge on any atom is 0.287 e. The van der Waals surface area contributed by atoms with Crippen LogP contribution >= 0.6 is 0 Å². The third-order valence-electron chi connectivity index (χ3n) is 4.20. The fourth-order valence-corrected chi connectivity index (χ4v) is 2.82. The molecular formula is C17H17FN4O3. The largest absolute Gasteiger partial charge is 0.367 e. The highest BCUT2D eigenvalue weighted by atomic mass is 19.1. The number of nitrogens with one attached hydrogen (secondary N) is 1. The highest BCUT2D eigenvalue weighted by Gasteiger charge is 2.25. The summed E-state index contributed by atoms with van der Waals surface area (Å²) in [6.07, 6.45) is 2.59. The first-order chi connectivity index (χ1) is 12.0. The molecule has 0 atom stereocenters. The van der Waals surface area contributed by atoms with Crippen molar-refractivity contribution in [3.63, 3.8) is 0 Å². The average molecular weight is 344 g/mol. The first-order valence-electron chi connectivity index (χ1n) is 7.95. The number of pyridine rings is 1. The van der Waals surface area contributed by atoms with Gasteiger partial charge in [-0.05, 0) is 31.0 Å². The molecule has 1 aliphatic rings. The number of benzene rings is 1. The maximum absolute atomic E-state index is 13.7. The molecular weight excluding hydrogens is 327 g/mol. The van der Waals surface area contributed by atoms with Gasteiger partial charge >= 0.3 is 0 Å². The summed E-state index contributed by atoms with van der Waals surface area (Å²) in [6.45, 7) is 1.02. The molecule has 25 heavy (non-hydrogen) atoms. The van der Waals surface area contributed by atoms with Crippen molar-refractivity contribution in [2.75, 3.05) is 18.4 Å². The molecule has 7 nitrogen and oxygen atoms in total. The molecule has 0 saturated carbocycles. The highest BCUT2D eigenvalue weighted by molar-refractivity contribution is 5.94. The van der Waals surface area contributed by atoms with E-state index in [1.165, 1.54) is 24.4 Å². The minimum absolute atomic E-state index is 0.0594. The minimum Gasteiger partial charge on any atom is -0.367 e. The van der Waals surface area contributed by atoms with E-state index < -0.39 is 10.7 Å². The van der Waals surface area contributed by atoms with E-state index in [4.69, 9.17) is 0 Å². The van der Waals surface area contributed by atoms with Crippen molar-refractivity contribution < 1.29 is 14.1 Å². The third kappa shape index (κ3) is 3.90. The lowest BCUT2D eigenvalue weighted by atomic mass is 10.0. The van der Waals surface area contributed by atoms with E-state index in [9.17, 15) is 19.3 Å². The number of amides is 1. The smallest absolute Gasteiger partial charge is 0.287 e. The number of hydrogen-bond acceptors (Lipinski definition) is 5. The molecule has 0 bridgehead atoms. The van der Waals surface area contributed by atoms with Crippen molar-refractivity contribution in [3.05, 3.63) is 64.1 Å². The molecule has 1 saturated heterocycles. The Kier molecular flexibility index (Phi) is 4.87. The standard InChI is InChI=1S/C17H17FN4O3/c18-15-4-2-1-3-14(15)17(23)21-9-7-12(8-10-21)20-16-6-5-13(11-19-16)22(24)25/h1-6,11-12H,7-10H2,(H,19,20). The van der Waals surface area contributed by atoms with E-state index in [0.29, 0.717) is 31.7 Å². The van der Waals surface area contributed by atoms with E-state index in [0.717, 1.165) is 0 Å². The molecule has 130 valence electrons. The Labute approximate surface area is 143 Å². The number of hydrogen-bond donors (Lipinski definition) is 1. The molecule has 1 aromatic carbocycles. The summed E-state index contributed by atoms with van der Waals surface area (Å²) in [5.74, 6) is -0.252. The van der Waals surface area contributed by atoms with Gasteiger partial charge in [0.15, 0.2) is 0 Å². The SMILES string of the molecule is O=C(c1ccccc1F)N1CCC(Nc2ccc([N+](=O)[O-])cn2)CC1. The van der Waals surface area contributed by atoms with Crippen LogP contribution in [0, 0.1) is 15.9 Å². The van der Waals surface area contributed by atoms with Crippen LogP contribution in [0.15, 0.2) is 42.6 Å². The van der Waals surface area contributed by atoms with Crippen LogP contribution in [0.1, 0.15) is 23.2 Å². The van der Waals surface area contributed by atoms with Crippen LogP contribution < -0.4 is 5.32 Å². The summed E-state index contributed by atoms with van der Waals surface area (Å²) in [6, 6.07) is 9.04. The Morgan fingerprint density at radius 2 is 1.96 bits per heavy atom. The van der Waals surface area contributed by atoms with Crippen LogP contribution in [0.2, 0.25) is 0 Å². The fraction of sp³-hybridized carbons (Fsp3) is 0.294. The predicted octanol–water partition coefficient (Wildman–Crippen LogP) is 2.85. The van der Waals surface area contributed by atoms with Crippen LogP contribution in [0.5, 0.6) is 0 Å². The number of anilines is 1. The summed E-state index contributed by atoms with van der Waals surface area (Å²) < 4.78 is 13.7. The van der Waals surface area contributed by atoms with Gasteiger partial charge in [0.1, 0.15) is 17.8 Å². The summed E-state index contributed by atoms with van der Waals surface area (Å²) in [5.41, 5.74) is 0.0294. The number of carbonyl (C=O) groups excluding carboxylic acids is 1. The monoisotopic (exact) mass is 344 g/mol. The number of rotatable bonds is 4. The molecule has 3 rings (SSSR count). The number of halogens is 1. The highest BCUT2D eigenvalue weighted by Crippen LogP contribution is 2.19. The van der Waals surface area contributed by atoms with E-state index in [2.05, 4.69) is 10.3 Å². The number of carbonyl (C=O) groups is 1. The van der Waals surface area contributed by atoms with E-state index in [1.807, 2.05) is 0 Å². The molecule has 0 spiro atoms. The molecule has 0 unspecified atom stereocenters. The molecule has 1 amide bonds. The molecule has 0 aliphatic carbocycles. The predicted molar refractivity (Wildman–Crippen MR) is 89.8 cm³/mol. The second-order valence-electron chi connectivity index (χ2n) is 5.85. The average Bonchev–Trinajstić information content (AvgIpc) is 2.63. The van der Waals surface area contributed by atoms with Crippen LogP contribution in [0.4, 0.5) is 15.9 Å². The van der Waals surface area contributed by atoms with Gasteiger partial charge in [-0.2, -0.15) is 0 Å². The second kappa shape index (κ2) is 7.25.